The highest BCUT2D eigenvalue weighted by Gasteiger charge is 2.10. The van der Waals surface area contributed by atoms with E-state index in [0.29, 0.717) is 0 Å². The summed E-state index contributed by atoms with van der Waals surface area (Å²) in [5.74, 6) is 0. The van der Waals surface area contributed by atoms with E-state index in [2.05, 4.69) is 10.2 Å². The van der Waals surface area contributed by atoms with Crippen LogP contribution >= 0.6 is 0 Å². The summed E-state index contributed by atoms with van der Waals surface area (Å²) in [4.78, 5) is 0. The Labute approximate surface area is 53.4 Å². The molecular weight excluding hydrogens is 116 g/mol. The number of hydrogen-bond donors (Lipinski definition) is 1. The molecule has 0 atom stereocenters. The summed E-state index contributed by atoms with van der Waals surface area (Å²) in [7, 11) is 0. The Bertz CT molecular complexity index is 161. The minimum atomic E-state index is -0.885. The van der Waals surface area contributed by atoms with Gasteiger partial charge >= 0.3 is 0 Å². The van der Waals surface area contributed by atoms with Crippen molar-refractivity contribution < 1.29 is 5.11 Å². The van der Waals surface area contributed by atoms with Crippen LogP contribution in [0.4, 0.5) is 0 Å². The molecule has 1 N–H and O–H groups in total. The van der Waals surface area contributed by atoms with Crippen molar-refractivity contribution in [2.45, 2.75) is 12.5 Å². The van der Waals surface area contributed by atoms with Crippen molar-refractivity contribution in [2.75, 3.05) is 0 Å². The van der Waals surface area contributed by atoms with Crippen LogP contribution in [0.2, 0.25) is 0 Å². The van der Waals surface area contributed by atoms with Gasteiger partial charge in [0, 0.05) is 12.4 Å². The second-order valence-corrected chi connectivity index (χ2v) is 2.09. The smallest absolute Gasteiger partial charge is 0.102 e. The molecule has 0 aromatic rings. The molecule has 0 saturated heterocycles. The maximum absolute atomic E-state index is 9.26. The molecule has 0 saturated carbocycles. The molecule has 48 valence electrons. The Kier molecular flexibility index (Phi) is 1.44. The number of azo groups is 1. The van der Waals surface area contributed by atoms with E-state index >= 15 is 0 Å². The molecule has 0 bridgehead atoms. The fourth-order valence-electron chi connectivity index (χ4n) is 0.501. The van der Waals surface area contributed by atoms with Crippen molar-refractivity contribution in [2.24, 2.45) is 10.2 Å². The van der Waals surface area contributed by atoms with E-state index in [4.69, 9.17) is 0 Å². The first-order valence-corrected chi connectivity index (χ1v) is 2.68. The van der Waals surface area contributed by atoms with Crippen LogP contribution in [0.5, 0.6) is 0 Å². The van der Waals surface area contributed by atoms with E-state index in [1.165, 1.54) is 12.4 Å². The number of nitrogens with zero attached hydrogens (tertiary/aromatic N) is 2. The molecule has 0 spiro atoms. The van der Waals surface area contributed by atoms with Crippen LogP contribution in [0.25, 0.3) is 0 Å². The van der Waals surface area contributed by atoms with Gasteiger partial charge in [0.2, 0.25) is 0 Å². The standard InChI is InChI=1S/C6H8N2O/c1-6(9)2-4-7-8-5-3-6/h2-5,9H,1H3. The summed E-state index contributed by atoms with van der Waals surface area (Å²) in [6, 6.07) is 0. The van der Waals surface area contributed by atoms with Gasteiger partial charge in [0.05, 0.1) is 0 Å². The fraction of sp³-hybridized carbons (Fsp3) is 0.333. The summed E-state index contributed by atoms with van der Waals surface area (Å²) in [6.45, 7) is 1.66. The third-order valence-corrected chi connectivity index (χ3v) is 1.02. The number of rotatable bonds is 0. The lowest BCUT2D eigenvalue weighted by Gasteiger charge is -2.09. The van der Waals surface area contributed by atoms with E-state index in [9.17, 15) is 5.11 Å². The third-order valence-electron chi connectivity index (χ3n) is 1.02. The van der Waals surface area contributed by atoms with E-state index in [-0.39, 0.29) is 0 Å². The Morgan fingerprint density at radius 1 is 1.22 bits per heavy atom. The maximum atomic E-state index is 9.26. The van der Waals surface area contributed by atoms with Gasteiger partial charge in [-0.25, -0.2) is 0 Å². The number of hydrogen-bond acceptors (Lipinski definition) is 3. The molecule has 0 fully saturated rings. The largest absolute Gasteiger partial charge is 0.382 e. The van der Waals surface area contributed by atoms with Crippen LogP contribution < -0.4 is 0 Å². The van der Waals surface area contributed by atoms with E-state index < -0.39 is 5.60 Å². The quantitative estimate of drug-likeness (QED) is 0.518. The van der Waals surface area contributed by atoms with Gasteiger partial charge in [-0.3, -0.25) is 0 Å². The molecule has 0 aromatic carbocycles. The molecule has 3 heteroatoms. The van der Waals surface area contributed by atoms with Gasteiger partial charge in [-0.15, -0.1) is 0 Å². The van der Waals surface area contributed by atoms with Crippen LogP contribution in [-0.2, 0) is 0 Å². The average molecular weight is 124 g/mol. The molecule has 9 heavy (non-hydrogen) atoms. The van der Waals surface area contributed by atoms with Gasteiger partial charge in [-0.05, 0) is 19.1 Å². The molecule has 0 radical (unpaired) electrons. The first kappa shape index (κ1) is 6.16. The summed E-state index contributed by atoms with van der Waals surface area (Å²) < 4.78 is 0. The zero-order valence-electron chi connectivity index (χ0n) is 5.15. The van der Waals surface area contributed by atoms with Crippen molar-refractivity contribution >= 4 is 0 Å². The molecule has 3 nitrogen and oxygen atoms in total. The van der Waals surface area contributed by atoms with Crippen molar-refractivity contribution in [3.8, 4) is 0 Å². The minimum absolute atomic E-state index is 0.885. The van der Waals surface area contributed by atoms with Gasteiger partial charge in [0.1, 0.15) is 5.60 Å². The molecule has 1 aliphatic heterocycles. The van der Waals surface area contributed by atoms with E-state index in [1.807, 2.05) is 0 Å². The Morgan fingerprint density at radius 2 is 1.67 bits per heavy atom. The zero-order valence-corrected chi connectivity index (χ0v) is 5.15. The van der Waals surface area contributed by atoms with Crippen molar-refractivity contribution in [3.05, 3.63) is 24.6 Å². The van der Waals surface area contributed by atoms with Crippen molar-refractivity contribution in [1.82, 2.24) is 0 Å². The Balaban J connectivity index is 2.82. The summed E-state index contributed by atoms with van der Waals surface area (Å²) in [6.07, 6.45) is 6.08. The summed E-state index contributed by atoms with van der Waals surface area (Å²) in [5.41, 5.74) is -0.885. The van der Waals surface area contributed by atoms with Crippen LogP contribution in [0.15, 0.2) is 34.8 Å². The predicted molar refractivity (Wildman–Crippen MR) is 33.8 cm³/mol. The van der Waals surface area contributed by atoms with Crippen molar-refractivity contribution in [3.63, 3.8) is 0 Å². The third kappa shape index (κ3) is 1.77. The summed E-state index contributed by atoms with van der Waals surface area (Å²) in [5, 5.41) is 16.4. The molecule has 0 aromatic heterocycles. The second kappa shape index (κ2) is 2.11. The van der Waals surface area contributed by atoms with E-state index in [0.717, 1.165) is 0 Å². The highest BCUT2D eigenvalue weighted by atomic mass is 16.3. The van der Waals surface area contributed by atoms with Crippen LogP contribution in [0, 0.1) is 0 Å². The van der Waals surface area contributed by atoms with Gasteiger partial charge < -0.3 is 5.11 Å². The fourth-order valence-corrected chi connectivity index (χ4v) is 0.501. The van der Waals surface area contributed by atoms with E-state index in [1.54, 1.807) is 19.1 Å². The topological polar surface area (TPSA) is 45.0 Å². The van der Waals surface area contributed by atoms with Crippen molar-refractivity contribution in [1.29, 1.82) is 0 Å². The highest BCUT2D eigenvalue weighted by molar-refractivity contribution is 5.11. The van der Waals surface area contributed by atoms with Crippen LogP contribution in [0.1, 0.15) is 6.92 Å². The first-order valence-electron chi connectivity index (χ1n) is 2.68. The van der Waals surface area contributed by atoms with Gasteiger partial charge in [-0.2, -0.15) is 10.2 Å². The molecule has 1 heterocycles. The van der Waals surface area contributed by atoms with Gasteiger partial charge in [-0.1, -0.05) is 0 Å². The molecule has 0 amide bonds. The summed E-state index contributed by atoms with van der Waals surface area (Å²) >= 11 is 0. The normalized spacial score (nSPS) is 22.0. The second-order valence-electron chi connectivity index (χ2n) is 2.09. The minimum Gasteiger partial charge on any atom is -0.382 e. The monoisotopic (exact) mass is 124 g/mol. The molecule has 1 aliphatic rings. The van der Waals surface area contributed by atoms with Gasteiger partial charge in [0.15, 0.2) is 0 Å². The molecule has 0 aliphatic carbocycles. The Morgan fingerprint density at radius 3 is 2.11 bits per heavy atom. The number of aliphatic hydroxyl groups is 1. The predicted octanol–water partition coefficient (Wildman–Crippen LogP) is 1.23. The lowest BCUT2D eigenvalue weighted by molar-refractivity contribution is 0.164. The molecule has 0 unspecified atom stereocenters. The zero-order chi connectivity index (χ0) is 6.74. The van der Waals surface area contributed by atoms with Crippen LogP contribution in [-0.4, -0.2) is 10.7 Å². The highest BCUT2D eigenvalue weighted by Crippen LogP contribution is 2.09. The molecular formula is C6H8N2O. The molecule has 1 rings (SSSR count). The lowest BCUT2D eigenvalue weighted by atomic mass is 10.1. The van der Waals surface area contributed by atoms with Gasteiger partial charge in [0.25, 0.3) is 0 Å². The Hall–Kier alpha value is -0.960. The SMILES string of the molecule is CC1(O)C=CN=NC=C1. The van der Waals surface area contributed by atoms with Crippen LogP contribution in [0.3, 0.4) is 0 Å². The first-order chi connectivity index (χ1) is 4.21. The lowest BCUT2D eigenvalue weighted by Crippen LogP contribution is -2.15. The maximum Gasteiger partial charge on any atom is 0.102 e. The average Bonchev–Trinajstić information content (AvgIpc) is 1.92.